The SMILES string of the molecule is O=NN1CNCN([N+](=O)[O-])C1. The third kappa shape index (κ3) is 1.74. The van der Waals surface area contributed by atoms with Gasteiger partial charge in [0.25, 0.3) is 0 Å². The van der Waals surface area contributed by atoms with Crippen molar-refractivity contribution in [3.63, 3.8) is 0 Å². The van der Waals surface area contributed by atoms with Crippen molar-refractivity contribution in [1.82, 2.24) is 15.3 Å². The lowest BCUT2D eigenvalue weighted by atomic mass is 10.7. The van der Waals surface area contributed by atoms with Gasteiger partial charge in [-0.25, -0.2) is 15.1 Å². The van der Waals surface area contributed by atoms with Gasteiger partial charge in [0.15, 0.2) is 11.7 Å². The van der Waals surface area contributed by atoms with Gasteiger partial charge in [0.05, 0.1) is 12.0 Å². The van der Waals surface area contributed by atoms with Crippen LogP contribution in [0.2, 0.25) is 0 Å². The molecular formula is C3H7N5O3. The number of rotatable bonds is 2. The van der Waals surface area contributed by atoms with Crippen LogP contribution in [-0.4, -0.2) is 35.1 Å². The maximum atomic E-state index is 10.1. The molecule has 0 amide bonds. The van der Waals surface area contributed by atoms with E-state index in [0.717, 1.165) is 10.0 Å². The summed E-state index contributed by atoms with van der Waals surface area (Å²) in [5.41, 5.74) is 0. The summed E-state index contributed by atoms with van der Waals surface area (Å²) in [6.45, 7) is 0.330. The fourth-order valence-electron chi connectivity index (χ4n) is 0.761. The molecule has 0 bridgehead atoms. The van der Waals surface area contributed by atoms with Crippen LogP contribution in [0.4, 0.5) is 0 Å². The van der Waals surface area contributed by atoms with Crippen LogP contribution >= 0.6 is 0 Å². The minimum absolute atomic E-state index is 0.0660. The Kier molecular flexibility index (Phi) is 2.16. The van der Waals surface area contributed by atoms with Crippen LogP contribution in [0.5, 0.6) is 0 Å². The fourth-order valence-corrected chi connectivity index (χ4v) is 0.761. The molecule has 62 valence electrons. The molecule has 0 aromatic heterocycles. The van der Waals surface area contributed by atoms with E-state index in [2.05, 4.69) is 10.6 Å². The van der Waals surface area contributed by atoms with Crippen molar-refractivity contribution in [3.8, 4) is 0 Å². The highest BCUT2D eigenvalue weighted by atomic mass is 16.7. The van der Waals surface area contributed by atoms with E-state index in [9.17, 15) is 15.0 Å². The van der Waals surface area contributed by atoms with E-state index < -0.39 is 5.03 Å². The van der Waals surface area contributed by atoms with Crippen LogP contribution in [0.1, 0.15) is 0 Å². The van der Waals surface area contributed by atoms with Crippen LogP contribution in [-0.2, 0) is 0 Å². The summed E-state index contributed by atoms with van der Waals surface area (Å²) >= 11 is 0. The van der Waals surface area contributed by atoms with Gasteiger partial charge in [-0.05, 0) is 0 Å². The molecule has 1 heterocycles. The molecule has 8 nitrogen and oxygen atoms in total. The van der Waals surface area contributed by atoms with Crippen molar-refractivity contribution >= 4 is 0 Å². The molecule has 1 rings (SSSR count). The summed E-state index contributed by atoms with van der Waals surface area (Å²) in [6.07, 6.45) is 0. The molecule has 0 atom stereocenters. The topological polar surface area (TPSA) is 91.1 Å². The first-order valence-electron chi connectivity index (χ1n) is 2.92. The lowest BCUT2D eigenvalue weighted by molar-refractivity contribution is -0.664. The lowest BCUT2D eigenvalue weighted by Gasteiger charge is -2.25. The van der Waals surface area contributed by atoms with Gasteiger partial charge in [0.2, 0.25) is 0 Å². The third-order valence-electron chi connectivity index (χ3n) is 1.26. The van der Waals surface area contributed by atoms with E-state index >= 15 is 0 Å². The van der Waals surface area contributed by atoms with Gasteiger partial charge in [-0.2, -0.15) is 0 Å². The largest absolute Gasteiger partial charge is 0.276 e. The first-order chi connectivity index (χ1) is 5.24. The van der Waals surface area contributed by atoms with Crippen molar-refractivity contribution in [2.75, 3.05) is 20.0 Å². The summed E-state index contributed by atoms with van der Waals surface area (Å²) in [5.74, 6) is 0. The van der Waals surface area contributed by atoms with Gasteiger partial charge in [-0.3, -0.25) is 5.32 Å². The lowest BCUT2D eigenvalue weighted by Crippen LogP contribution is -2.52. The van der Waals surface area contributed by atoms with Crippen LogP contribution in [0, 0.1) is 15.0 Å². The molecule has 0 saturated carbocycles. The Labute approximate surface area is 61.8 Å². The molecule has 0 spiro atoms. The predicted molar refractivity (Wildman–Crippen MR) is 34.2 cm³/mol. The maximum Gasteiger partial charge on any atom is 0.171 e. The highest BCUT2D eigenvalue weighted by Crippen LogP contribution is 1.97. The minimum Gasteiger partial charge on any atom is -0.276 e. The zero-order chi connectivity index (χ0) is 8.27. The molecule has 0 radical (unpaired) electrons. The molecule has 1 aliphatic heterocycles. The fraction of sp³-hybridized carbons (Fsp3) is 1.00. The molecule has 8 heteroatoms. The molecule has 0 aromatic carbocycles. The second-order valence-electron chi connectivity index (χ2n) is 2.04. The highest BCUT2D eigenvalue weighted by Gasteiger charge is 2.22. The molecule has 0 aromatic rings. The summed E-state index contributed by atoms with van der Waals surface area (Å²) in [5, 5.41) is 16.6. The molecular weight excluding hydrogens is 154 g/mol. The molecule has 1 fully saturated rings. The standard InChI is InChI=1S/C3H7N5O3/c9-5-6-1-4-2-7(3-6)8(10)11/h4H,1-3H2. The monoisotopic (exact) mass is 161 g/mol. The smallest absolute Gasteiger partial charge is 0.171 e. The molecule has 1 saturated heterocycles. The van der Waals surface area contributed by atoms with Crippen LogP contribution < -0.4 is 5.32 Å². The van der Waals surface area contributed by atoms with Crippen molar-refractivity contribution in [2.45, 2.75) is 0 Å². The third-order valence-corrected chi connectivity index (χ3v) is 1.26. The number of nitrogens with one attached hydrogen (secondary N) is 1. The zero-order valence-electron chi connectivity index (χ0n) is 5.63. The van der Waals surface area contributed by atoms with Crippen molar-refractivity contribution in [1.29, 1.82) is 0 Å². The molecule has 0 unspecified atom stereocenters. The molecule has 1 N–H and O–H groups in total. The summed E-state index contributed by atoms with van der Waals surface area (Å²) in [6, 6.07) is 0. The van der Waals surface area contributed by atoms with Crippen molar-refractivity contribution in [2.24, 2.45) is 5.29 Å². The number of nitroso groups, excluding NO2 is 1. The summed E-state index contributed by atoms with van der Waals surface area (Å²) < 4.78 is 0. The van der Waals surface area contributed by atoms with E-state index in [-0.39, 0.29) is 20.0 Å². The van der Waals surface area contributed by atoms with Gasteiger partial charge in [0.1, 0.15) is 6.67 Å². The Hall–Kier alpha value is -1.44. The Morgan fingerprint density at radius 3 is 2.82 bits per heavy atom. The van der Waals surface area contributed by atoms with E-state index in [1.165, 1.54) is 0 Å². The average molecular weight is 161 g/mol. The second kappa shape index (κ2) is 3.10. The Morgan fingerprint density at radius 1 is 1.55 bits per heavy atom. The number of hydrogen-bond acceptors (Lipinski definition) is 5. The van der Waals surface area contributed by atoms with Crippen LogP contribution in [0.3, 0.4) is 0 Å². The van der Waals surface area contributed by atoms with Gasteiger partial charge < -0.3 is 0 Å². The van der Waals surface area contributed by atoms with E-state index in [1.54, 1.807) is 0 Å². The number of nitro groups is 1. The Morgan fingerprint density at radius 2 is 2.27 bits per heavy atom. The predicted octanol–water partition coefficient (Wildman–Crippen LogP) is -1.06. The number of nitrogens with zero attached hydrogens (tertiary/aromatic N) is 4. The van der Waals surface area contributed by atoms with E-state index in [1.807, 2.05) is 0 Å². The molecule has 1 aliphatic rings. The van der Waals surface area contributed by atoms with Gasteiger partial charge in [0, 0.05) is 0 Å². The van der Waals surface area contributed by atoms with Crippen LogP contribution in [0.25, 0.3) is 0 Å². The molecule has 11 heavy (non-hydrogen) atoms. The second-order valence-corrected chi connectivity index (χ2v) is 2.04. The Bertz CT molecular complexity index is 172. The van der Waals surface area contributed by atoms with Gasteiger partial charge in [-0.1, -0.05) is 5.01 Å². The van der Waals surface area contributed by atoms with Gasteiger partial charge in [-0.15, -0.1) is 4.91 Å². The molecule has 0 aliphatic carbocycles. The number of hydrogen-bond donors (Lipinski definition) is 1. The first-order valence-corrected chi connectivity index (χ1v) is 2.92. The van der Waals surface area contributed by atoms with Crippen molar-refractivity contribution in [3.05, 3.63) is 15.0 Å². The van der Waals surface area contributed by atoms with E-state index in [4.69, 9.17) is 0 Å². The normalized spacial score (nSPS) is 18.2. The van der Waals surface area contributed by atoms with E-state index in [0.29, 0.717) is 0 Å². The zero-order valence-corrected chi connectivity index (χ0v) is 5.63. The quantitative estimate of drug-likeness (QED) is 0.315. The summed E-state index contributed by atoms with van der Waals surface area (Å²) in [4.78, 5) is 20.1. The summed E-state index contributed by atoms with van der Waals surface area (Å²) in [7, 11) is 0. The van der Waals surface area contributed by atoms with Gasteiger partial charge >= 0.3 is 0 Å². The first kappa shape index (κ1) is 7.66. The highest BCUT2D eigenvalue weighted by molar-refractivity contribution is 4.53. The average Bonchev–Trinajstić information content (AvgIpc) is 2.05. The maximum absolute atomic E-state index is 10.1. The Balaban J connectivity index is 2.45. The van der Waals surface area contributed by atoms with Crippen molar-refractivity contribution < 1.29 is 5.03 Å². The number of hydrazine groups is 1. The minimum atomic E-state index is -0.579. The van der Waals surface area contributed by atoms with Crippen LogP contribution in [0.15, 0.2) is 5.29 Å².